The highest BCUT2D eigenvalue weighted by atomic mass is 32.1. The molecule has 0 saturated heterocycles. The molecule has 0 bridgehead atoms. The second-order valence-corrected chi connectivity index (χ2v) is 6.31. The molecule has 1 N–H and O–H groups in total. The molecule has 0 saturated carbocycles. The van der Waals surface area contributed by atoms with Gasteiger partial charge in [0, 0.05) is 5.56 Å². The van der Waals surface area contributed by atoms with Crippen LogP contribution in [0.3, 0.4) is 0 Å². The standard InChI is InChI=1S/C18H10N8S/c19-10-14(11-20)22-21-13-4-1-3-12(9-13)15-6-7-17-23-24-18(26(17)25-15)16-5-2-8-27-16/h1-9,21H. The van der Waals surface area contributed by atoms with Crippen LogP contribution in [-0.2, 0) is 0 Å². The topological polar surface area (TPSA) is 115 Å². The highest BCUT2D eigenvalue weighted by Crippen LogP contribution is 2.25. The van der Waals surface area contributed by atoms with Crippen LogP contribution in [-0.4, -0.2) is 25.5 Å². The van der Waals surface area contributed by atoms with Gasteiger partial charge in [-0.1, -0.05) is 18.2 Å². The lowest BCUT2D eigenvalue weighted by Gasteiger charge is -2.05. The van der Waals surface area contributed by atoms with E-state index in [0.29, 0.717) is 17.2 Å². The fourth-order valence-corrected chi connectivity index (χ4v) is 3.14. The smallest absolute Gasteiger partial charge is 0.237 e. The molecule has 9 heteroatoms. The minimum absolute atomic E-state index is 0.245. The van der Waals surface area contributed by atoms with Crippen molar-refractivity contribution < 1.29 is 0 Å². The van der Waals surface area contributed by atoms with Gasteiger partial charge in [-0.2, -0.15) is 25.2 Å². The molecule has 8 nitrogen and oxygen atoms in total. The Labute approximate surface area is 157 Å². The largest absolute Gasteiger partial charge is 0.276 e. The summed E-state index contributed by atoms with van der Waals surface area (Å²) in [7, 11) is 0. The molecule has 0 amide bonds. The van der Waals surface area contributed by atoms with Gasteiger partial charge >= 0.3 is 0 Å². The van der Waals surface area contributed by atoms with Crippen LogP contribution >= 0.6 is 11.3 Å². The summed E-state index contributed by atoms with van der Waals surface area (Å²) >= 11 is 1.57. The van der Waals surface area contributed by atoms with Crippen molar-refractivity contribution in [2.45, 2.75) is 0 Å². The van der Waals surface area contributed by atoms with Crippen LogP contribution in [0.2, 0.25) is 0 Å². The van der Waals surface area contributed by atoms with Gasteiger partial charge in [-0.25, -0.2) is 0 Å². The molecule has 4 aromatic rings. The molecule has 0 atom stereocenters. The van der Waals surface area contributed by atoms with Gasteiger partial charge in [0.2, 0.25) is 5.71 Å². The number of nitrogens with zero attached hydrogens (tertiary/aromatic N) is 7. The Bertz CT molecular complexity index is 1210. The zero-order chi connectivity index (χ0) is 18.6. The zero-order valence-electron chi connectivity index (χ0n) is 13.7. The number of aromatic nitrogens is 4. The third-order valence-electron chi connectivity index (χ3n) is 3.67. The second kappa shape index (κ2) is 7.04. The molecule has 0 aliphatic carbocycles. The molecular weight excluding hydrogens is 360 g/mol. The van der Waals surface area contributed by atoms with E-state index in [9.17, 15) is 0 Å². The van der Waals surface area contributed by atoms with E-state index in [4.69, 9.17) is 10.5 Å². The fraction of sp³-hybridized carbons (Fsp3) is 0. The maximum Gasteiger partial charge on any atom is 0.237 e. The minimum Gasteiger partial charge on any atom is -0.276 e. The van der Waals surface area contributed by atoms with Crippen LogP contribution in [0.4, 0.5) is 5.69 Å². The summed E-state index contributed by atoms with van der Waals surface area (Å²) in [6, 6.07) is 18.4. The first-order valence-electron chi connectivity index (χ1n) is 7.79. The average Bonchev–Trinajstić information content (AvgIpc) is 3.38. The maximum atomic E-state index is 8.75. The van der Waals surface area contributed by atoms with Gasteiger partial charge in [-0.3, -0.25) is 5.43 Å². The Morgan fingerprint density at radius 3 is 2.74 bits per heavy atom. The molecule has 0 spiro atoms. The van der Waals surface area contributed by atoms with Gasteiger partial charge in [-0.15, -0.1) is 21.5 Å². The molecule has 27 heavy (non-hydrogen) atoms. The molecule has 0 unspecified atom stereocenters. The Hall–Kier alpha value is -4.08. The fourth-order valence-electron chi connectivity index (χ4n) is 2.45. The second-order valence-electron chi connectivity index (χ2n) is 5.37. The summed E-state index contributed by atoms with van der Waals surface area (Å²) in [5.41, 5.74) is 5.34. The number of nitriles is 2. The lowest BCUT2D eigenvalue weighted by Crippen LogP contribution is -1.98. The molecule has 3 aromatic heterocycles. The van der Waals surface area contributed by atoms with Crippen LogP contribution in [0.1, 0.15) is 0 Å². The molecule has 0 radical (unpaired) electrons. The highest BCUT2D eigenvalue weighted by molar-refractivity contribution is 7.13. The lowest BCUT2D eigenvalue weighted by molar-refractivity contribution is 0.944. The van der Waals surface area contributed by atoms with E-state index in [-0.39, 0.29) is 5.71 Å². The van der Waals surface area contributed by atoms with Gasteiger partial charge in [0.05, 0.1) is 16.3 Å². The van der Waals surface area contributed by atoms with Crippen LogP contribution in [0, 0.1) is 22.7 Å². The first kappa shape index (κ1) is 16.4. The first-order valence-corrected chi connectivity index (χ1v) is 8.67. The molecular formula is C18H10N8S. The summed E-state index contributed by atoms with van der Waals surface area (Å²) in [5, 5.41) is 36.3. The van der Waals surface area contributed by atoms with E-state index in [1.807, 2.05) is 47.8 Å². The summed E-state index contributed by atoms with van der Waals surface area (Å²) in [4.78, 5) is 0.984. The van der Waals surface area contributed by atoms with Crippen molar-refractivity contribution in [1.82, 2.24) is 19.8 Å². The maximum absolute atomic E-state index is 8.75. The minimum atomic E-state index is -0.245. The number of thiophene rings is 1. The SMILES string of the molecule is N#CC(C#N)=NNc1cccc(-c2ccc3nnc(-c4cccs4)n3n2)c1. The van der Waals surface area contributed by atoms with E-state index in [1.165, 1.54) is 0 Å². The van der Waals surface area contributed by atoms with E-state index in [0.717, 1.165) is 16.1 Å². The molecule has 0 aliphatic rings. The van der Waals surface area contributed by atoms with Crippen LogP contribution in [0.15, 0.2) is 59.0 Å². The van der Waals surface area contributed by atoms with Crippen molar-refractivity contribution in [2.75, 3.05) is 5.43 Å². The van der Waals surface area contributed by atoms with Gasteiger partial charge in [-0.05, 0) is 35.7 Å². The predicted molar refractivity (Wildman–Crippen MR) is 102 cm³/mol. The van der Waals surface area contributed by atoms with Crippen molar-refractivity contribution in [3.8, 4) is 34.1 Å². The van der Waals surface area contributed by atoms with E-state index < -0.39 is 0 Å². The van der Waals surface area contributed by atoms with Crippen molar-refractivity contribution >= 4 is 28.4 Å². The number of fused-ring (bicyclic) bond motifs is 1. The Morgan fingerprint density at radius 1 is 1.07 bits per heavy atom. The molecule has 0 aliphatic heterocycles. The summed E-state index contributed by atoms with van der Waals surface area (Å²) in [5.74, 6) is 0.688. The quantitative estimate of drug-likeness (QED) is 0.435. The van der Waals surface area contributed by atoms with E-state index in [1.54, 1.807) is 34.1 Å². The van der Waals surface area contributed by atoms with E-state index in [2.05, 4.69) is 25.8 Å². The number of hydrogen-bond acceptors (Lipinski definition) is 8. The third kappa shape index (κ3) is 3.23. The van der Waals surface area contributed by atoms with Gasteiger partial charge in [0.1, 0.15) is 12.1 Å². The number of anilines is 1. The molecule has 128 valence electrons. The number of rotatable bonds is 4. The summed E-state index contributed by atoms with van der Waals surface area (Å²) < 4.78 is 1.71. The third-order valence-corrected chi connectivity index (χ3v) is 4.54. The molecule has 4 rings (SSSR count). The zero-order valence-corrected chi connectivity index (χ0v) is 14.6. The molecule has 1 aromatic carbocycles. The van der Waals surface area contributed by atoms with Crippen LogP contribution in [0.25, 0.3) is 27.6 Å². The normalized spacial score (nSPS) is 10.1. The lowest BCUT2D eigenvalue weighted by atomic mass is 10.1. The Morgan fingerprint density at radius 2 is 1.96 bits per heavy atom. The molecule has 3 heterocycles. The van der Waals surface area contributed by atoms with Crippen molar-refractivity contribution in [1.29, 1.82) is 10.5 Å². The number of benzene rings is 1. The first-order chi connectivity index (χ1) is 13.3. The van der Waals surface area contributed by atoms with Crippen molar-refractivity contribution in [3.05, 3.63) is 53.9 Å². The van der Waals surface area contributed by atoms with E-state index >= 15 is 0 Å². The predicted octanol–water partition coefficient (Wildman–Crippen LogP) is 3.33. The van der Waals surface area contributed by atoms with Gasteiger partial charge in [0.25, 0.3) is 0 Å². The van der Waals surface area contributed by atoms with Gasteiger partial charge < -0.3 is 0 Å². The Balaban J connectivity index is 1.72. The number of nitrogens with one attached hydrogen (secondary N) is 1. The van der Waals surface area contributed by atoms with Crippen LogP contribution < -0.4 is 5.43 Å². The van der Waals surface area contributed by atoms with Crippen molar-refractivity contribution in [3.63, 3.8) is 0 Å². The Kier molecular flexibility index (Phi) is 4.27. The van der Waals surface area contributed by atoms with Crippen LogP contribution in [0.5, 0.6) is 0 Å². The van der Waals surface area contributed by atoms with Gasteiger partial charge in [0.15, 0.2) is 11.5 Å². The highest BCUT2D eigenvalue weighted by Gasteiger charge is 2.11. The number of hydrazone groups is 1. The molecule has 0 fully saturated rings. The monoisotopic (exact) mass is 370 g/mol. The summed E-state index contributed by atoms with van der Waals surface area (Å²) in [6.07, 6.45) is 0. The number of hydrogen-bond donors (Lipinski definition) is 1. The summed E-state index contributed by atoms with van der Waals surface area (Å²) in [6.45, 7) is 0. The average molecular weight is 370 g/mol. The van der Waals surface area contributed by atoms with Crippen molar-refractivity contribution in [2.24, 2.45) is 5.10 Å².